The van der Waals surface area contributed by atoms with Gasteiger partial charge in [-0.15, -0.1) is 12.9 Å². The third-order valence-electron chi connectivity index (χ3n) is 5.98. The van der Waals surface area contributed by atoms with Crippen molar-refractivity contribution in [2.24, 2.45) is 11.8 Å². The summed E-state index contributed by atoms with van der Waals surface area (Å²) >= 11 is 0. The number of nitrogens with zero attached hydrogens (tertiary/aromatic N) is 2. The Hall–Kier alpha value is -1.47. The van der Waals surface area contributed by atoms with Crippen molar-refractivity contribution in [3.8, 4) is 0 Å². The molecule has 4 heteroatoms. The maximum atomic E-state index is 2.31. The zero-order valence-electron chi connectivity index (χ0n) is 18.2. The Morgan fingerprint density at radius 2 is 1.00 bits per heavy atom. The van der Waals surface area contributed by atoms with E-state index >= 15 is 0 Å². The van der Waals surface area contributed by atoms with Crippen LogP contribution in [0.3, 0.4) is 0 Å². The average Bonchev–Trinajstić information content (AvgIpc) is 3.34. The standard InChI is InChI=1S/C18H26BN2.C7H8.Rh/c1-20(2)15-19(16-21(3)4,17-11-7-5-8-12-17)18-13-9-6-10-14-18;1-2-7-4-3-6(1)5-7;/h5-14H,15-16H2,1-4H3;1-4,6-7H,5H2;/q-1;;. The quantitative estimate of drug-likeness (QED) is 0.467. The van der Waals surface area contributed by atoms with Crippen LogP contribution >= 0.6 is 0 Å². The summed E-state index contributed by atoms with van der Waals surface area (Å²) in [4.78, 5) is 4.62. The van der Waals surface area contributed by atoms with E-state index in [1.165, 1.54) is 17.3 Å². The average molecular weight is 476 g/mol. The minimum Gasteiger partial charge on any atom is -0.343 e. The molecule has 2 aliphatic carbocycles. The van der Waals surface area contributed by atoms with Crippen LogP contribution in [-0.4, -0.2) is 57.0 Å². The molecule has 0 atom stereocenters. The van der Waals surface area contributed by atoms with E-state index in [-0.39, 0.29) is 19.5 Å². The minimum atomic E-state index is -0.830. The monoisotopic (exact) mass is 476 g/mol. The van der Waals surface area contributed by atoms with Gasteiger partial charge in [0, 0.05) is 19.5 Å². The molecule has 2 bridgehead atoms. The van der Waals surface area contributed by atoms with Gasteiger partial charge in [0.1, 0.15) is 0 Å². The summed E-state index contributed by atoms with van der Waals surface area (Å²) in [6, 6.07) is 21.9. The molecule has 0 aromatic heterocycles. The van der Waals surface area contributed by atoms with Crippen molar-refractivity contribution >= 4 is 17.1 Å². The molecule has 0 N–H and O–H groups in total. The number of benzene rings is 2. The van der Waals surface area contributed by atoms with Gasteiger partial charge in [-0.1, -0.05) is 85.0 Å². The minimum absolute atomic E-state index is 0. The first-order chi connectivity index (χ1) is 13.5. The molecule has 1 radical (unpaired) electrons. The normalized spacial score (nSPS) is 19.2. The Bertz CT molecular complexity index is 707. The van der Waals surface area contributed by atoms with Gasteiger partial charge >= 0.3 is 0 Å². The van der Waals surface area contributed by atoms with Crippen LogP contribution in [0.15, 0.2) is 85.0 Å². The molecule has 0 unspecified atom stereocenters. The second kappa shape index (κ2) is 11.1. The number of fused-ring (bicyclic) bond motifs is 2. The molecule has 2 aromatic carbocycles. The van der Waals surface area contributed by atoms with Crippen LogP contribution in [0.5, 0.6) is 0 Å². The third kappa shape index (κ3) is 6.25. The van der Waals surface area contributed by atoms with Gasteiger partial charge in [0.15, 0.2) is 0 Å². The van der Waals surface area contributed by atoms with E-state index in [0.717, 1.165) is 24.7 Å². The molecule has 29 heavy (non-hydrogen) atoms. The summed E-state index contributed by atoms with van der Waals surface area (Å²) in [7, 11) is 8.66. The first kappa shape index (κ1) is 23.8. The summed E-state index contributed by atoms with van der Waals surface area (Å²) in [6.07, 6.45) is 11.8. The van der Waals surface area contributed by atoms with Crippen molar-refractivity contribution in [1.82, 2.24) is 9.80 Å². The van der Waals surface area contributed by atoms with Gasteiger partial charge in [-0.25, -0.2) is 10.9 Å². The summed E-state index contributed by atoms with van der Waals surface area (Å²) in [5.74, 6) is 1.62. The number of hydrogen-bond donors (Lipinski definition) is 0. The molecule has 0 aliphatic heterocycles. The van der Waals surface area contributed by atoms with E-state index in [1.54, 1.807) is 0 Å². The summed E-state index contributed by atoms with van der Waals surface area (Å²) < 4.78 is 0. The van der Waals surface area contributed by atoms with Gasteiger partial charge in [0.25, 0.3) is 0 Å². The molecule has 2 nitrogen and oxygen atoms in total. The van der Waals surface area contributed by atoms with E-state index in [1.807, 2.05) is 0 Å². The fourth-order valence-corrected chi connectivity index (χ4v) is 4.89. The van der Waals surface area contributed by atoms with Gasteiger partial charge in [-0.2, -0.15) is 0 Å². The van der Waals surface area contributed by atoms with E-state index in [2.05, 4.69) is 123 Å². The van der Waals surface area contributed by atoms with Gasteiger partial charge in [-0.05, 0) is 46.4 Å². The number of rotatable bonds is 6. The van der Waals surface area contributed by atoms with Crippen molar-refractivity contribution in [2.45, 2.75) is 6.42 Å². The number of allylic oxidation sites excluding steroid dienone is 4. The molecular weight excluding hydrogens is 442 g/mol. The zero-order chi connectivity index (χ0) is 20.0. The summed E-state index contributed by atoms with van der Waals surface area (Å²) in [6.45, 7) is 0. The van der Waals surface area contributed by atoms with Crippen LogP contribution in [0.1, 0.15) is 6.42 Å². The van der Waals surface area contributed by atoms with Crippen molar-refractivity contribution in [1.29, 1.82) is 0 Å². The van der Waals surface area contributed by atoms with E-state index < -0.39 is 6.15 Å². The Balaban J connectivity index is 0.000000311. The molecule has 0 spiro atoms. The van der Waals surface area contributed by atoms with Crippen LogP contribution < -0.4 is 10.9 Å². The smallest absolute Gasteiger partial charge is 0.0819 e. The van der Waals surface area contributed by atoms with Crippen LogP contribution in [0, 0.1) is 11.8 Å². The van der Waals surface area contributed by atoms with Crippen LogP contribution in [0.4, 0.5) is 0 Å². The van der Waals surface area contributed by atoms with Crippen LogP contribution in [0.2, 0.25) is 0 Å². The summed E-state index contributed by atoms with van der Waals surface area (Å²) in [5, 5.41) is 0. The van der Waals surface area contributed by atoms with Crippen LogP contribution in [-0.2, 0) is 19.5 Å². The van der Waals surface area contributed by atoms with E-state index in [4.69, 9.17) is 0 Å². The topological polar surface area (TPSA) is 6.48 Å². The SMILES string of the molecule is C1=CC2C=CC1C2.CN(C)C[B-](CN(C)C)(c1ccccc1)c1ccccc1.[Rh]. The van der Waals surface area contributed by atoms with Crippen LogP contribution in [0.25, 0.3) is 0 Å². The van der Waals surface area contributed by atoms with Crippen molar-refractivity contribution in [2.75, 3.05) is 41.1 Å². The third-order valence-corrected chi connectivity index (χ3v) is 5.98. The molecule has 0 amide bonds. The fourth-order valence-electron chi connectivity index (χ4n) is 4.89. The molecule has 0 saturated heterocycles. The Morgan fingerprint density at radius 3 is 1.24 bits per heavy atom. The van der Waals surface area contributed by atoms with Gasteiger partial charge in [0.05, 0.1) is 6.15 Å². The molecular formula is C25H34BN2Rh-. The molecule has 2 aliphatic rings. The molecule has 0 fully saturated rings. The van der Waals surface area contributed by atoms with Gasteiger partial charge in [0.2, 0.25) is 0 Å². The Labute approximate surface area is 190 Å². The predicted molar refractivity (Wildman–Crippen MR) is 125 cm³/mol. The van der Waals surface area contributed by atoms with Gasteiger partial charge < -0.3 is 9.80 Å². The number of hydrogen-bond acceptors (Lipinski definition) is 2. The van der Waals surface area contributed by atoms with E-state index in [0.29, 0.717) is 0 Å². The fraction of sp³-hybridized carbons (Fsp3) is 0.360. The summed E-state index contributed by atoms with van der Waals surface area (Å²) in [5.41, 5.74) is 2.87. The predicted octanol–water partition coefficient (Wildman–Crippen LogP) is 3.20. The molecule has 157 valence electrons. The molecule has 4 rings (SSSR count). The Morgan fingerprint density at radius 1 is 0.655 bits per heavy atom. The second-order valence-corrected chi connectivity index (χ2v) is 8.93. The maximum Gasteiger partial charge on any atom is 0.0819 e. The Kier molecular flexibility index (Phi) is 9.08. The van der Waals surface area contributed by atoms with Crippen molar-refractivity contribution in [3.63, 3.8) is 0 Å². The molecule has 0 heterocycles. The molecule has 0 saturated carbocycles. The largest absolute Gasteiger partial charge is 0.343 e. The van der Waals surface area contributed by atoms with E-state index in [9.17, 15) is 0 Å². The second-order valence-electron chi connectivity index (χ2n) is 8.93. The molecule has 2 aromatic rings. The van der Waals surface area contributed by atoms with Crippen molar-refractivity contribution in [3.05, 3.63) is 85.0 Å². The van der Waals surface area contributed by atoms with Crippen molar-refractivity contribution < 1.29 is 19.5 Å². The van der Waals surface area contributed by atoms with Gasteiger partial charge in [-0.3, -0.25) is 0 Å². The first-order valence-corrected chi connectivity index (χ1v) is 10.5. The zero-order valence-corrected chi connectivity index (χ0v) is 19.8. The maximum absolute atomic E-state index is 2.31. The first-order valence-electron chi connectivity index (χ1n) is 10.5.